The number of rotatable bonds is 3. The third-order valence-corrected chi connectivity index (χ3v) is 5.76. The van der Waals surface area contributed by atoms with Gasteiger partial charge in [0.1, 0.15) is 0 Å². The van der Waals surface area contributed by atoms with Crippen LogP contribution in [-0.4, -0.2) is 46.4 Å². The standard InChI is InChI=1S/C12H16FNO5S2/c1-9-7-14(8-10(2)19-9)21(17,18)12-5-3-4-11(6-12)20(13,15)16/h3-6,9-10H,7-8H2,1-2H3/t9-,10+. The Kier molecular flexibility index (Phi) is 4.39. The second-order valence-electron chi connectivity index (χ2n) is 4.99. The van der Waals surface area contributed by atoms with Crippen molar-refractivity contribution < 1.29 is 25.5 Å². The average molecular weight is 337 g/mol. The number of hydrogen-bond donors (Lipinski definition) is 0. The first-order valence-corrected chi connectivity index (χ1v) is 9.13. The van der Waals surface area contributed by atoms with Crippen molar-refractivity contribution in [2.45, 2.75) is 35.8 Å². The first-order chi connectivity index (χ1) is 9.60. The summed E-state index contributed by atoms with van der Waals surface area (Å²) in [4.78, 5) is -0.916. The lowest BCUT2D eigenvalue weighted by Gasteiger charge is -2.34. The Balaban J connectivity index is 2.40. The molecule has 0 bridgehead atoms. The van der Waals surface area contributed by atoms with E-state index in [1.807, 2.05) is 0 Å². The van der Waals surface area contributed by atoms with Gasteiger partial charge in [-0.2, -0.15) is 12.7 Å². The Labute approximate surface area is 123 Å². The third-order valence-electron chi connectivity index (χ3n) is 3.11. The molecule has 6 nitrogen and oxygen atoms in total. The van der Waals surface area contributed by atoms with Gasteiger partial charge in [0.05, 0.1) is 22.0 Å². The van der Waals surface area contributed by atoms with Crippen molar-refractivity contribution in [2.75, 3.05) is 13.1 Å². The predicted octanol–water partition coefficient (Wildman–Crippen LogP) is 1.14. The van der Waals surface area contributed by atoms with Crippen LogP contribution in [0, 0.1) is 0 Å². The molecule has 0 unspecified atom stereocenters. The van der Waals surface area contributed by atoms with Gasteiger partial charge in [0.2, 0.25) is 10.0 Å². The molecular formula is C12H16FNO5S2. The highest BCUT2D eigenvalue weighted by Crippen LogP contribution is 2.23. The van der Waals surface area contributed by atoms with Crippen LogP contribution in [0.2, 0.25) is 0 Å². The van der Waals surface area contributed by atoms with Crippen LogP contribution in [0.5, 0.6) is 0 Å². The number of sulfonamides is 1. The molecule has 1 aliphatic rings. The van der Waals surface area contributed by atoms with Crippen LogP contribution in [0.1, 0.15) is 13.8 Å². The van der Waals surface area contributed by atoms with Crippen LogP contribution in [0.4, 0.5) is 3.89 Å². The third kappa shape index (κ3) is 3.60. The van der Waals surface area contributed by atoms with Crippen molar-refractivity contribution in [3.8, 4) is 0 Å². The van der Waals surface area contributed by atoms with Crippen molar-refractivity contribution in [1.29, 1.82) is 0 Å². The van der Waals surface area contributed by atoms with Crippen LogP contribution in [0.25, 0.3) is 0 Å². The zero-order valence-electron chi connectivity index (χ0n) is 11.6. The number of hydrogen-bond acceptors (Lipinski definition) is 5. The Bertz CT molecular complexity index is 722. The van der Waals surface area contributed by atoms with E-state index in [1.165, 1.54) is 16.4 Å². The minimum atomic E-state index is -4.95. The normalized spacial score (nSPS) is 24.9. The van der Waals surface area contributed by atoms with Gasteiger partial charge in [-0.1, -0.05) is 6.07 Å². The second-order valence-corrected chi connectivity index (χ2v) is 8.28. The summed E-state index contributed by atoms with van der Waals surface area (Å²) in [7, 11) is -8.83. The van der Waals surface area contributed by atoms with Crippen molar-refractivity contribution in [2.24, 2.45) is 0 Å². The largest absolute Gasteiger partial charge is 0.373 e. The molecule has 2 atom stereocenters. The van der Waals surface area contributed by atoms with Gasteiger partial charge in [0.25, 0.3) is 0 Å². The summed E-state index contributed by atoms with van der Waals surface area (Å²) in [5.41, 5.74) is 0. The van der Waals surface area contributed by atoms with Crippen LogP contribution in [0.15, 0.2) is 34.1 Å². The average Bonchev–Trinajstić information content (AvgIpc) is 2.36. The molecule has 0 N–H and O–H groups in total. The van der Waals surface area contributed by atoms with E-state index in [-0.39, 0.29) is 30.2 Å². The zero-order valence-corrected chi connectivity index (χ0v) is 13.2. The van der Waals surface area contributed by atoms with Crippen molar-refractivity contribution in [3.63, 3.8) is 0 Å². The van der Waals surface area contributed by atoms with Crippen molar-refractivity contribution in [3.05, 3.63) is 24.3 Å². The predicted molar refractivity (Wildman–Crippen MR) is 73.5 cm³/mol. The summed E-state index contributed by atoms with van der Waals surface area (Å²) in [5.74, 6) is 0. The Morgan fingerprint density at radius 2 is 1.62 bits per heavy atom. The zero-order chi connectivity index (χ0) is 15.8. The number of ether oxygens (including phenoxy) is 1. The van der Waals surface area contributed by atoms with Gasteiger partial charge >= 0.3 is 10.2 Å². The molecule has 21 heavy (non-hydrogen) atoms. The maximum absolute atomic E-state index is 13.0. The summed E-state index contributed by atoms with van der Waals surface area (Å²) in [6, 6.07) is 4.29. The molecule has 0 amide bonds. The summed E-state index contributed by atoms with van der Waals surface area (Å²) in [6.45, 7) is 3.83. The van der Waals surface area contributed by atoms with Crippen LogP contribution in [-0.2, 0) is 25.0 Å². The molecule has 1 aromatic rings. The Morgan fingerprint density at radius 3 is 2.14 bits per heavy atom. The first-order valence-electron chi connectivity index (χ1n) is 6.31. The van der Waals surface area contributed by atoms with E-state index in [2.05, 4.69) is 0 Å². The van der Waals surface area contributed by atoms with E-state index >= 15 is 0 Å². The maximum Gasteiger partial charge on any atom is 0.332 e. The Morgan fingerprint density at radius 1 is 1.10 bits per heavy atom. The molecule has 1 heterocycles. The van der Waals surface area contributed by atoms with Crippen LogP contribution in [0.3, 0.4) is 0 Å². The molecule has 0 aliphatic carbocycles. The summed E-state index contributed by atoms with van der Waals surface area (Å²) < 4.78 is 66.5. The molecular weight excluding hydrogens is 321 g/mol. The molecule has 9 heteroatoms. The number of halogens is 1. The summed E-state index contributed by atoms with van der Waals surface area (Å²) in [5, 5.41) is 0. The van der Waals surface area contributed by atoms with Gasteiger partial charge in [-0.3, -0.25) is 0 Å². The van der Waals surface area contributed by atoms with E-state index < -0.39 is 25.1 Å². The molecule has 1 fully saturated rings. The lowest BCUT2D eigenvalue weighted by atomic mass is 10.3. The van der Waals surface area contributed by atoms with E-state index in [9.17, 15) is 20.7 Å². The quantitative estimate of drug-likeness (QED) is 0.773. The van der Waals surface area contributed by atoms with E-state index in [0.717, 1.165) is 12.1 Å². The highest BCUT2D eigenvalue weighted by molar-refractivity contribution is 7.89. The van der Waals surface area contributed by atoms with Gasteiger partial charge in [0, 0.05) is 13.1 Å². The number of morpholine rings is 1. The van der Waals surface area contributed by atoms with Gasteiger partial charge < -0.3 is 4.74 Å². The fourth-order valence-electron chi connectivity index (χ4n) is 2.26. The number of nitrogens with zero attached hydrogens (tertiary/aromatic N) is 1. The topological polar surface area (TPSA) is 80.8 Å². The van der Waals surface area contributed by atoms with Crippen molar-refractivity contribution >= 4 is 20.2 Å². The summed E-state index contributed by atoms with van der Waals surface area (Å²) >= 11 is 0. The van der Waals surface area contributed by atoms with Crippen LogP contribution < -0.4 is 0 Å². The second kappa shape index (κ2) is 5.64. The Hall–Kier alpha value is -1.03. The first kappa shape index (κ1) is 16.3. The van der Waals surface area contributed by atoms with Gasteiger partial charge in [-0.05, 0) is 32.0 Å². The highest BCUT2D eigenvalue weighted by Gasteiger charge is 2.32. The lowest BCUT2D eigenvalue weighted by molar-refractivity contribution is -0.0440. The van der Waals surface area contributed by atoms with Gasteiger partial charge in [-0.15, -0.1) is 3.89 Å². The molecule has 1 aromatic carbocycles. The minimum absolute atomic E-state index is 0.166. The molecule has 0 radical (unpaired) electrons. The molecule has 0 aromatic heterocycles. The molecule has 0 saturated carbocycles. The molecule has 2 rings (SSSR count). The van der Waals surface area contributed by atoms with E-state index in [4.69, 9.17) is 4.74 Å². The van der Waals surface area contributed by atoms with Gasteiger partial charge in [0.15, 0.2) is 0 Å². The lowest BCUT2D eigenvalue weighted by Crippen LogP contribution is -2.48. The fourth-order valence-corrected chi connectivity index (χ4v) is 4.48. The maximum atomic E-state index is 13.0. The van der Waals surface area contributed by atoms with Gasteiger partial charge in [-0.25, -0.2) is 8.42 Å². The number of benzene rings is 1. The minimum Gasteiger partial charge on any atom is -0.373 e. The molecule has 0 spiro atoms. The van der Waals surface area contributed by atoms with E-state index in [1.54, 1.807) is 13.8 Å². The fraction of sp³-hybridized carbons (Fsp3) is 0.500. The smallest absolute Gasteiger partial charge is 0.332 e. The summed E-state index contributed by atoms with van der Waals surface area (Å²) in [6.07, 6.45) is -0.534. The van der Waals surface area contributed by atoms with Crippen LogP contribution >= 0.6 is 0 Å². The molecule has 1 aliphatic heterocycles. The molecule has 118 valence electrons. The molecule has 1 saturated heterocycles. The SMILES string of the molecule is C[C@@H]1CN(S(=O)(=O)c2cccc(S(=O)(=O)F)c2)C[C@H](C)O1. The van der Waals surface area contributed by atoms with E-state index in [0.29, 0.717) is 0 Å². The van der Waals surface area contributed by atoms with Crippen molar-refractivity contribution in [1.82, 2.24) is 4.31 Å². The monoisotopic (exact) mass is 337 g/mol. The highest BCUT2D eigenvalue weighted by atomic mass is 32.3.